The van der Waals surface area contributed by atoms with Crippen molar-refractivity contribution in [3.8, 4) is 0 Å². The number of halogens is 1. The van der Waals surface area contributed by atoms with Crippen molar-refractivity contribution in [2.75, 3.05) is 7.11 Å². The molecule has 1 heterocycles. The molecule has 1 saturated carbocycles. The largest absolute Gasteiger partial charge is 0.376 e. The van der Waals surface area contributed by atoms with Crippen LogP contribution < -0.4 is 5.73 Å². The fraction of sp³-hybridized carbons (Fsp3) is 0.692. The predicted molar refractivity (Wildman–Crippen MR) is 73.6 cm³/mol. The third-order valence-corrected chi connectivity index (χ3v) is 5.31. The molecule has 1 aromatic heterocycles. The molecule has 0 bridgehead atoms. The topological polar surface area (TPSA) is 35.2 Å². The van der Waals surface area contributed by atoms with E-state index >= 15 is 0 Å². The van der Waals surface area contributed by atoms with Crippen LogP contribution in [0, 0.1) is 5.92 Å². The first kappa shape index (κ1) is 13.3. The molecule has 1 aliphatic rings. The number of hydrogen-bond donors (Lipinski definition) is 1. The molecule has 1 aliphatic carbocycles. The Balaban J connectivity index is 2.17. The molecule has 96 valence electrons. The summed E-state index contributed by atoms with van der Waals surface area (Å²) in [6.07, 6.45) is 4.48. The highest BCUT2D eigenvalue weighted by Gasteiger charge is 2.40. The molecule has 0 spiro atoms. The minimum Gasteiger partial charge on any atom is -0.376 e. The molecule has 0 radical (unpaired) electrons. The van der Waals surface area contributed by atoms with Gasteiger partial charge >= 0.3 is 0 Å². The van der Waals surface area contributed by atoms with E-state index in [1.165, 1.54) is 12.8 Å². The molecule has 1 unspecified atom stereocenters. The second-order valence-corrected chi connectivity index (χ2v) is 6.82. The van der Waals surface area contributed by atoms with Crippen molar-refractivity contribution in [3.63, 3.8) is 0 Å². The van der Waals surface area contributed by atoms with Crippen LogP contribution in [-0.2, 0) is 4.74 Å². The van der Waals surface area contributed by atoms with Crippen molar-refractivity contribution in [3.05, 3.63) is 21.3 Å². The number of hydrogen-bond acceptors (Lipinski definition) is 3. The van der Waals surface area contributed by atoms with Gasteiger partial charge in [-0.05, 0) is 43.7 Å². The van der Waals surface area contributed by atoms with Gasteiger partial charge < -0.3 is 10.5 Å². The molecule has 0 amide bonds. The number of nitrogens with two attached hydrogens (primary N) is 1. The minimum atomic E-state index is -0.194. The highest BCUT2D eigenvalue weighted by molar-refractivity contribution is 7.16. The summed E-state index contributed by atoms with van der Waals surface area (Å²) in [4.78, 5) is 1.13. The van der Waals surface area contributed by atoms with Crippen LogP contribution in [0.15, 0.2) is 12.1 Å². The lowest BCUT2D eigenvalue weighted by Crippen LogP contribution is -2.45. The fourth-order valence-electron chi connectivity index (χ4n) is 2.65. The second kappa shape index (κ2) is 5.27. The Morgan fingerprint density at radius 2 is 2.12 bits per heavy atom. The fourth-order valence-corrected chi connectivity index (χ4v) is 3.82. The minimum absolute atomic E-state index is 0.0579. The lowest BCUT2D eigenvalue weighted by Gasteiger charge is -2.42. The standard InChI is InChI=1S/C13H20ClNOS/c1-9-5-7-13(16-2,8-6-9)12(15)10-3-4-11(14)17-10/h3-4,9,12H,5-8,15H2,1-2H3. The third-order valence-electron chi connectivity index (χ3n) is 3.99. The van der Waals surface area contributed by atoms with Crippen LogP contribution in [-0.4, -0.2) is 12.7 Å². The van der Waals surface area contributed by atoms with Gasteiger partial charge in [0.15, 0.2) is 0 Å². The maximum Gasteiger partial charge on any atom is 0.0931 e. The first-order valence-corrected chi connectivity index (χ1v) is 7.33. The van der Waals surface area contributed by atoms with Gasteiger partial charge in [0.05, 0.1) is 16.0 Å². The Morgan fingerprint density at radius 1 is 1.47 bits per heavy atom. The summed E-state index contributed by atoms with van der Waals surface area (Å²) in [5, 5.41) is 0. The first-order chi connectivity index (χ1) is 8.07. The van der Waals surface area contributed by atoms with Crippen LogP contribution >= 0.6 is 22.9 Å². The van der Waals surface area contributed by atoms with Gasteiger partial charge in [0.25, 0.3) is 0 Å². The van der Waals surface area contributed by atoms with E-state index in [4.69, 9.17) is 22.1 Å². The average Bonchev–Trinajstić information content (AvgIpc) is 2.76. The monoisotopic (exact) mass is 273 g/mol. The zero-order valence-corrected chi connectivity index (χ0v) is 12.0. The van der Waals surface area contributed by atoms with Gasteiger partial charge in [0.2, 0.25) is 0 Å². The molecule has 2 rings (SSSR count). The summed E-state index contributed by atoms with van der Waals surface area (Å²) in [5.41, 5.74) is 6.21. The molecule has 1 fully saturated rings. The Labute approximate surface area is 112 Å². The lowest BCUT2D eigenvalue weighted by atomic mass is 9.75. The highest BCUT2D eigenvalue weighted by Crippen LogP contribution is 2.43. The summed E-state index contributed by atoms with van der Waals surface area (Å²) < 4.78 is 6.59. The van der Waals surface area contributed by atoms with E-state index in [1.54, 1.807) is 18.4 Å². The van der Waals surface area contributed by atoms with E-state index in [2.05, 4.69) is 6.92 Å². The van der Waals surface area contributed by atoms with E-state index in [1.807, 2.05) is 12.1 Å². The molecule has 0 aromatic carbocycles. The molecule has 1 atom stereocenters. The summed E-state index contributed by atoms with van der Waals surface area (Å²) >= 11 is 7.54. The predicted octanol–water partition coefficient (Wildman–Crippen LogP) is 4.00. The number of rotatable bonds is 3. The smallest absolute Gasteiger partial charge is 0.0931 e. The summed E-state index contributed by atoms with van der Waals surface area (Å²) in [6, 6.07) is 3.88. The van der Waals surface area contributed by atoms with Crippen molar-refractivity contribution in [1.29, 1.82) is 0 Å². The van der Waals surface area contributed by atoms with Crippen LogP contribution in [0.25, 0.3) is 0 Å². The maximum absolute atomic E-state index is 6.40. The van der Waals surface area contributed by atoms with Crippen LogP contribution in [0.2, 0.25) is 4.34 Å². The molecule has 2 N–H and O–H groups in total. The lowest BCUT2D eigenvalue weighted by molar-refractivity contribution is -0.0664. The van der Waals surface area contributed by atoms with E-state index in [0.29, 0.717) is 0 Å². The molecule has 17 heavy (non-hydrogen) atoms. The van der Waals surface area contributed by atoms with Crippen LogP contribution in [0.4, 0.5) is 0 Å². The van der Waals surface area contributed by atoms with Gasteiger partial charge in [-0.1, -0.05) is 18.5 Å². The molecule has 4 heteroatoms. The molecule has 0 saturated heterocycles. The van der Waals surface area contributed by atoms with Gasteiger partial charge in [0, 0.05) is 12.0 Å². The van der Waals surface area contributed by atoms with Crippen molar-refractivity contribution in [2.45, 2.75) is 44.2 Å². The van der Waals surface area contributed by atoms with E-state index in [0.717, 1.165) is 28.0 Å². The first-order valence-electron chi connectivity index (χ1n) is 6.13. The second-order valence-electron chi connectivity index (χ2n) is 5.07. The molecule has 1 aromatic rings. The third kappa shape index (κ3) is 2.68. The van der Waals surface area contributed by atoms with Gasteiger partial charge in [-0.2, -0.15) is 0 Å². The maximum atomic E-state index is 6.40. The highest BCUT2D eigenvalue weighted by atomic mass is 35.5. The number of methoxy groups -OCH3 is 1. The molecular weight excluding hydrogens is 254 g/mol. The number of thiophene rings is 1. The Kier molecular flexibility index (Phi) is 4.14. The molecule has 0 aliphatic heterocycles. The van der Waals surface area contributed by atoms with Crippen molar-refractivity contribution < 1.29 is 4.74 Å². The number of ether oxygens (including phenoxy) is 1. The summed E-state index contributed by atoms with van der Waals surface area (Å²) in [7, 11) is 1.78. The van der Waals surface area contributed by atoms with Crippen molar-refractivity contribution in [1.82, 2.24) is 0 Å². The van der Waals surface area contributed by atoms with Gasteiger partial charge in [-0.15, -0.1) is 11.3 Å². The van der Waals surface area contributed by atoms with Gasteiger partial charge in [-0.25, -0.2) is 0 Å². The van der Waals surface area contributed by atoms with Gasteiger partial charge in [0.1, 0.15) is 0 Å². The Hall–Kier alpha value is -0.0900. The summed E-state index contributed by atoms with van der Waals surface area (Å²) in [5.74, 6) is 0.789. The van der Waals surface area contributed by atoms with E-state index < -0.39 is 0 Å². The van der Waals surface area contributed by atoms with Crippen LogP contribution in [0.1, 0.15) is 43.5 Å². The Bertz CT molecular complexity index is 371. The molecule has 2 nitrogen and oxygen atoms in total. The van der Waals surface area contributed by atoms with Crippen LogP contribution in [0.3, 0.4) is 0 Å². The van der Waals surface area contributed by atoms with Crippen LogP contribution in [0.5, 0.6) is 0 Å². The zero-order valence-electron chi connectivity index (χ0n) is 10.4. The zero-order chi connectivity index (χ0) is 12.5. The Morgan fingerprint density at radius 3 is 2.59 bits per heavy atom. The average molecular weight is 274 g/mol. The summed E-state index contributed by atoms with van der Waals surface area (Å²) in [6.45, 7) is 2.30. The van der Waals surface area contributed by atoms with E-state index in [9.17, 15) is 0 Å². The van der Waals surface area contributed by atoms with Gasteiger partial charge in [-0.3, -0.25) is 0 Å². The molecular formula is C13H20ClNOS. The van der Waals surface area contributed by atoms with Crippen molar-refractivity contribution in [2.24, 2.45) is 11.7 Å². The normalized spacial score (nSPS) is 31.4. The van der Waals surface area contributed by atoms with Crippen molar-refractivity contribution >= 4 is 22.9 Å². The quantitative estimate of drug-likeness (QED) is 0.904. The van der Waals surface area contributed by atoms with E-state index in [-0.39, 0.29) is 11.6 Å². The SMILES string of the molecule is COC1(C(N)c2ccc(Cl)s2)CCC(C)CC1.